The number of hydrogen-bond donors (Lipinski definition) is 1. The molecule has 0 saturated heterocycles. The number of nitriles is 1. The summed E-state index contributed by atoms with van der Waals surface area (Å²) < 4.78 is 11.3. The quantitative estimate of drug-likeness (QED) is 0.180. The van der Waals surface area contributed by atoms with Gasteiger partial charge in [0, 0.05) is 11.3 Å². The van der Waals surface area contributed by atoms with Gasteiger partial charge >= 0.3 is 11.9 Å². The molecule has 2 aromatic rings. The van der Waals surface area contributed by atoms with Gasteiger partial charge in [-0.15, -0.1) is 11.3 Å². The van der Waals surface area contributed by atoms with E-state index in [-0.39, 0.29) is 41.4 Å². The number of benzene rings is 1. The molecule has 7 nitrogen and oxygen atoms in total. The Morgan fingerprint density at radius 2 is 1.69 bits per heavy atom. The molecular weight excluding hydrogens is 660 g/mol. The minimum atomic E-state index is -0.635. The average molecular weight is 679 g/mol. The fourth-order valence-electron chi connectivity index (χ4n) is 2.81. The normalized spacial score (nSPS) is 11.1. The van der Waals surface area contributed by atoms with Crippen LogP contribution in [-0.2, 0) is 20.7 Å². The predicted octanol–water partition coefficient (Wildman–Crippen LogP) is 5.04. The number of carbonyl (C=O) groups excluding carboxylic acids is 3. The summed E-state index contributed by atoms with van der Waals surface area (Å²) >= 11 is 4.92. The predicted molar refractivity (Wildman–Crippen MR) is 137 cm³/mol. The summed E-state index contributed by atoms with van der Waals surface area (Å²) in [5.41, 5.74) is 1.02. The van der Waals surface area contributed by atoms with Crippen molar-refractivity contribution in [2.45, 2.75) is 27.2 Å². The van der Waals surface area contributed by atoms with Crippen molar-refractivity contribution in [2.24, 2.45) is 0 Å². The molecule has 1 N–H and O–H groups in total. The molecule has 1 heterocycles. The van der Waals surface area contributed by atoms with Gasteiger partial charge in [-0.05, 0) is 95.3 Å². The number of rotatable bonds is 8. The topological polar surface area (TPSA) is 114 Å². The fourth-order valence-corrected chi connectivity index (χ4v) is 5.81. The van der Waals surface area contributed by atoms with E-state index in [2.05, 4.69) is 0 Å². The number of thiophene rings is 1. The molecule has 1 aromatic carbocycles. The number of phenolic OH excluding ortho intramolecular Hbond substituents is 1. The number of ether oxygens (including phenoxy) is 2. The van der Waals surface area contributed by atoms with Crippen molar-refractivity contribution >= 4 is 80.3 Å². The van der Waals surface area contributed by atoms with Gasteiger partial charge in [0.05, 0.1) is 31.5 Å². The number of hydrogen-bond acceptors (Lipinski definition) is 8. The number of allylic oxidation sites excluding steroid dienone is 1. The van der Waals surface area contributed by atoms with E-state index in [0.29, 0.717) is 23.1 Å². The van der Waals surface area contributed by atoms with Gasteiger partial charge < -0.3 is 14.6 Å². The molecule has 0 fully saturated rings. The van der Waals surface area contributed by atoms with Gasteiger partial charge in [0.15, 0.2) is 5.78 Å². The first kappa shape index (κ1) is 26.3. The maximum atomic E-state index is 12.9. The summed E-state index contributed by atoms with van der Waals surface area (Å²) in [5, 5.41) is 19.5. The van der Waals surface area contributed by atoms with E-state index in [0.717, 1.165) is 11.3 Å². The molecule has 2 rings (SSSR count). The zero-order valence-corrected chi connectivity index (χ0v) is 22.6. The third-order valence-corrected chi connectivity index (χ3v) is 7.17. The third-order valence-electron chi connectivity index (χ3n) is 4.25. The summed E-state index contributed by atoms with van der Waals surface area (Å²) in [6, 6.07) is 5.21. The maximum Gasteiger partial charge on any atom is 0.348 e. The third kappa shape index (κ3) is 6.08. The Kier molecular flexibility index (Phi) is 9.65. The van der Waals surface area contributed by atoms with Crippen molar-refractivity contribution in [1.29, 1.82) is 5.26 Å². The van der Waals surface area contributed by atoms with E-state index in [9.17, 15) is 24.8 Å². The molecule has 32 heavy (non-hydrogen) atoms. The number of esters is 2. The number of phenols is 1. The Morgan fingerprint density at radius 1 is 1.12 bits per heavy atom. The molecule has 1 aromatic heterocycles. The minimum Gasteiger partial charge on any atom is -0.506 e. The highest BCUT2D eigenvalue weighted by Gasteiger charge is 2.28. The summed E-state index contributed by atoms with van der Waals surface area (Å²) in [6.45, 7) is 5.24. The molecule has 0 amide bonds. The van der Waals surface area contributed by atoms with E-state index in [1.165, 1.54) is 6.08 Å². The highest BCUT2D eigenvalue weighted by atomic mass is 127. The SMILES string of the molecule is CCOC(=O)c1sc(CC(=O)/C(C#N)=C/c2cc(I)c(O)c(I)c2)c(C(=O)OCC)c1C. The smallest absolute Gasteiger partial charge is 0.348 e. The van der Waals surface area contributed by atoms with Crippen LogP contribution in [0.5, 0.6) is 5.75 Å². The summed E-state index contributed by atoms with van der Waals surface area (Å²) in [4.78, 5) is 38.3. The lowest BCUT2D eigenvalue weighted by atomic mass is 10.0. The number of nitrogens with zero attached hydrogens (tertiary/aromatic N) is 1. The Labute approximate surface area is 216 Å². The van der Waals surface area contributed by atoms with Crippen molar-refractivity contribution in [3.8, 4) is 11.8 Å². The van der Waals surface area contributed by atoms with Gasteiger partial charge in [-0.1, -0.05) is 0 Å². The van der Waals surface area contributed by atoms with Crippen LogP contribution >= 0.6 is 56.5 Å². The summed E-state index contributed by atoms with van der Waals surface area (Å²) in [5.74, 6) is -1.59. The van der Waals surface area contributed by atoms with E-state index in [4.69, 9.17) is 9.47 Å². The molecule has 0 unspecified atom stereocenters. The van der Waals surface area contributed by atoms with E-state index >= 15 is 0 Å². The van der Waals surface area contributed by atoms with Crippen LogP contribution in [0.15, 0.2) is 17.7 Å². The lowest BCUT2D eigenvalue weighted by Gasteiger charge is -2.06. The molecule has 0 spiro atoms. The van der Waals surface area contributed by atoms with Gasteiger partial charge in [-0.3, -0.25) is 4.79 Å². The summed E-state index contributed by atoms with van der Waals surface area (Å²) in [6.07, 6.45) is 1.19. The molecule has 0 saturated carbocycles. The van der Waals surface area contributed by atoms with Crippen molar-refractivity contribution in [3.63, 3.8) is 0 Å². The Hall–Kier alpha value is -1.98. The summed E-state index contributed by atoms with van der Waals surface area (Å²) in [7, 11) is 0. The number of Topliss-reactive ketones (excluding diaryl/α,β-unsaturated/α-hetero) is 1. The van der Waals surface area contributed by atoms with Crippen LogP contribution in [0.25, 0.3) is 6.08 Å². The number of aromatic hydroxyl groups is 1. The van der Waals surface area contributed by atoms with E-state index < -0.39 is 17.7 Å². The first-order chi connectivity index (χ1) is 15.1. The second kappa shape index (κ2) is 11.8. The fraction of sp³-hybridized carbons (Fsp3) is 0.273. The van der Waals surface area contributed by atoms with Crippen molar-refractivity contribution in [1.82, 2.24) is 0 Å². The van der Waals surface area contributed by atoms with Crippen LogP contribution in [0.3, 0.4) is 0 Å². The van der Waals surface area contributed by atoms with Crippen LogP contribution in [0.1, 0.15) is 49.9 Å². The minimum absolute atomic E-state index is 0.110. The number of halogens is 2. The first-order valence-corrected chi connectivity index (χ1v) is 12.4. The molecule has 0 atom stereocenters. The second-order valence-electron chi connectivity index (χ2n) is 6.40. The number of ketones is 1. The average Bonchev–Trinajstić information content (AvgIpc) is 3.06. The van der Waals surface area contributed by atoms with Crippen LogP contribution in [0, 0.1) is 25.4 Å². The second-order valence-corrected chi connectivity index (χ2v) is 9.83. The lowest BCUT2D eigenvalue weighted by Crippen LogP contribution is -2.12. The van der Waals surface area contributed by atoms with Crippen LogP contribution < -0.4 is 0 Å². The Balaban J connectivity index is 2.46. The van der Waals surface area contributed by atoms with Crippen LogP contribution in [0.2, 0.25) is 0 Å². The van der Waals surface area contributed by atoms with Crippen molar-refractivity contribution in [2.75, 3.05) is 13.2 Å². The highest BCUT2D eigenvalue weighted by Crippen LogP contribution is 2.32. The largest absolute Gasteiger partial charge is 0.506 e. The molecular formula is C22H19I2NO6S. The maximum absolute atomic E-state index is 12.9. The van der Waals surface area contributed by atoms with E-state index in [1.54, 1.807) is 32.9 Å². The lowest BCUT2D eigenvalue weighted by molar-refractivity contribution is -0.114. The molecule has 0 aliphatic heterocycles. The monoisotopic (exact) mass is 679 g/mol. The van der Waals surface area contributed by atoms with Crippen molar-refractivity contribution in [3.05, 3.63) is 51.3 Å². The molecule has 0 bridgehead atoms. The Bertz CT molecular complexity index is 1120. The Morgan fingerprint density at radius 3 is 2.22 bits per heavy atom. The highest BCUT2D eigenvalue weighted by molar-refractivity contribution is 14.1. The molecule has 0 radical (unpaired) electrons. The van der Waals surface area contributed by atoms with Crippen LogP contribution in [-0.4, -0.2) is 36.0 Å². The molecule has 0 aliphatic rings. The molecule has 168 valence electrons. The van der Waals surface area contributed by atoms with Gasteiger partial charge in [-0.25, -0.2) is 9.59 Å². The van der Waals surface area contributed by atoms with Gasteiger partial charge in [0.1, 0.15) is 16.7 Å². The standard InChI is InChI=1S/C22H19I2NO6S/c1-4-30-21(28)18-11(3)20(22(29)31-5-2)32-17(18)9-16(26)13(10-25)6-12-7-14(23)19(27)15(24)8-12/h6-8,27H,4-5,9H2,1-3H3/b13-6+. The molecule has 0 aliphatic carbocycles. The zero-order valence-electron chi connectivity index (χ0n) is 17.5. The van der Waals surface area contributed by atoms with Gasteiger partial charge in [-0.2, -0.15) is 5.26 Å². The van der Waals surface area contributed by atoms with Crippen molar-refractivity contribution < 1.29 is 29.0 Å². The first-order valence-electron chi connectivity index (χ1n) is 9.43. The zero-order chi connectivity index (χ0) is 24.0. The van der Waals surface area contributed by atoms with E-state index in [1.807, 2.05) is 51.3 Å². The van der Waals surface area contributed by atoms with Crippen LogP contribution in [0.4, 0.5) is 0 Å². The molecule has 10 heteroatoms. The van der Waals surface area contributed by atoms with Gasteiger partial charge in [0.25, 0.3) is 0 Å². The number of carbonyl (C=O) groups is 3. The van der Waals surface area contributed by atoms with Gasteiger partial charge in [0.2, 0.25) is 0 Å².